The van der Waals surface area contributed by atoms with Gasteiger partial charge in [-0.3, -0.25) is 0 Å². The van der Waals surface area contributed by atoms with Gasteiger partial charge in [-0.1, -0.05) is 12.1 Å². The lowest BCUT2D eigenvalue weighted by atomic mass is 10.0. The molecule has 0 aromatic heterocycles. The first-order valence-electron chi connectivity index (χ1n) is 11.2. The van der Waals surface area contributed by atoms with Gasteiger partial charge < -0.3 is 29.9 Å². The fourth-order valence-corrected chi connectivity index (χ4v) is 3.59. The van der Waals surface area contributed by atoms with E-state index < -0.39 is 0 Å². The van der Waals surface area contributed by atoms with E-state index in [1.165, 1.54) is 25.9 Å². The van der Waals surface area contributed by atoms with Gasteiger partial charge in [0.25, 0.3) is 0 Å². The molecular weight excluding hydrogens is 505 g/mol. The molecule has 1 fully saturated rings. The third kappa shape index (κ3) is 11.4. The Kier molecular flexibility index (Phi) is 14.9. The van der Waals surface area contributed by atoms with Crippen molar-refractivity contribution in [2.24, 2.45) is 4.99 Å². The zero-order valence-corrected chi connectivity index (χ0v) is 22.1. The Labute approximate surface area is 206 Å². The average Bonchev–Trinajstić information content (AvgIpc) is 2.77. The van der Waals surface area contributed by atoms with Crippen LogP contribution in [0.4, 0.5) is 0 Å². The molecule has 0 radical (unpaired) electrons. The number of nitrogens with zero attached hydrogens (tertiary/aromatic N) is 3. The number of guanidine groups is 1. The van der Waals surface area contributed by atoms with Crippen LogP contribution >= 0.6 is 24.0 Å². The van der Waals surface area contributed by atoms with Gasteiger partial charge >= 0.3 is 0 Å². The molecule has 0 bridgehead atoms. The first-order chi connectivity index (χ1) is 14.6. The normalized spacial score (nSPS) is 15.6. The third-order valence-corrected chi connectivity index (χ3v) is 5.55. The Morgan fingerprint density at radius 1 is 1.13 bits per heavy atom. The van der Waals surface area contributed by atoms with E-state index in [0.717, 1.165) is 62.6 Å². The molecule has 8 heteroatoms. The van der Waals surface area contributed by atoms with Crippen LogP contribution in [-0.2, 0) is 11.3 Å². The fourth-order valence-electron chi connectivity index (χ4n) is 3.59. The summed E-state index contributed by atoms with van der Waals surface area (Å²) in [5.41, 5.74) is 1.16. The van der Waals surface area contributed by atoms with Crippen LogP contribution in [0.3, 0.4) is 0 Å². The van der Waals surface area contributed by atoms with Crippen LogP contribution in [0.25, 0.3) is 0 Å². The van der Waals surface area contributed by atoms with Crippen molar-refractivity contribution >= 4 is 29.9 Å². The smallest absolute Gasteiger partial charge is 0.191 e. The Hall–Kier alpha value is -1.10. The van der Waals surface area contributed by atoms with Crippen molar-refractivity contribution in [1.29, 1.82) is 0 Å². The van der Waals surface area contributed by atoms with E-state index in [1.54, 1.807) is 7.11 Å². The minimum absolute atomic E-state index is 0. The van der Waals surface area contributed by atoms with Crippen molar-refractivity contribution in [2.75, 3.05) is 67.1 Å². The number of nitrogens with one attached hydrogen (secondary N) is 2. The van der Waals surface area contributed by atoms with Crippen molar-refractivity contribution in [3.63, 3.8) is 0 Å². The largest absolute Gasteiger partial charge is 0.497 e. The summed E-state index contributed by atoms with van der Waals surface area (Å²) >= 11 is 0. The predicted molar refractivity (Wildman–Crippen MR) is 140 cm³/mol. The number of ether oxygens (including phenoxy) is 2. The van der Waals surface area contributed by atoms with E-state index in [0.29, 0.717) is 6.54 Å². The van der Waals surface area contributed by atoms with E-state index in [4.69, 9.17) is 14.5 Å². The number of aliphatic imine (C=N–C) groups is 1. The molecule has 1 aliphatic rings. The van der Waals surface area contributed by atoms with Crippen molar-refractivity contribution in [1.82, 2.24) is 20.4 Å². The molecule has 1 aromatic carbocycles. The molecule has 31 heavy (non-hydrogen) atoms. The van der Waals surface area contributed by atoms with Gasteiger partial charge in [-0.15, -0.1) is 24.0 Å². The SMILES string of the molecule is CCOCCCNC(=NCc1ccc(OC)cc1)NCCN1CCC(N(C)C)CC1.I. The first-order valence-corrected chi connectivity index (χ1v) is 11.2. The van der Waals surface area contributed by atoms with Gasteiger partial charge in [0.1, 0.15) is 5.75 Å². The van der Waals surface area contributed by atoms with Crippen molar-refractivity contribution in [3.8, 4) is 5.75 Å². The number of methoxy groups -OCH3 is 1. The second-order valence-electron chi connectivity index (χ2n) is 7.95. The predicted octanol–water partition coefficient (Wildman–Crippen LogP) is 2.80. The van der Waals surface area contributed by atoms with E-state index in [9.17, 15) is 0 Å². The van der Waals surface area contributed by atoms with Crippen LogP contribution in [0.15, 0.2) is 29.3 Å². The highest BCUT2D eigenvalue weighted by Gasteiger charge is 2.19. The summed E-state index contributed by atoms with van der Waals surface area (Å²) in [5.74, 6) is 1.73. The Morgan fingerprint density at radius 3 is 2.42 bits per heavy atom. The standard InChI is InChI=1S/C23H41N5O2.HI/c1-5-30-18-6-13-24-23(26-19-20-7-9-22(29-4)10-8-20)25-14-17-28-15-11-21(12-16-28)27(2)3;/h7-10,21H,5-6,11-19H2,1-4H3,(H2,24,25,26);1H. The summed E-state index contributed by atoms with van der Waals surface area (Å²) in [5, 5.41) is 6.95. The maximum Gasteiger partial charge on any atom is 0.191 e. The van der Waals surface area contributed by atoms with Crippen LogP contribution in [0.5, 0.6) is 5.75 Å². The molecule has 2 rings (SSSR count). The second kappa shape index (κ2) is 16.5. The number of hydrogen-bond donors (Lipinski definition) is 2. The maximum atomic E-state index is 5.43. The molecule has 0 aliphatic carbocycles. The van der Waals surface area contributed by atoms with E-state index in [-0.39, 0.29) is 24.0 Å². The second-order valence-corrected chi connectivity index (χ2v) is 7.95. The molecule has 178 valence electrons. The summed E-state index contributed by atoms with van der Waals surface area (Å²) in [4.78, 5) is 9.67. The van der Waals surface area contributed by atoms with Gasteiger partial charge in [0.2, 0.25) is 0 Å². The van der Waals surface area contributed by atoms with E-state index in [2.05, 4.69) is 46.7 Å². The third-order valence-electron chi connectivity index (χ3n) is 5.55. The average molecular weight is 548 g/mol. The lowest BCUT2D eigenvalue weighted by Gasteiger charge is -2.35. The van der Waals surface area contributed by atoms with Gasteiger partial charge in [0.05, 0.1) is 13.7 Å². The highest BCUT2D eigenvalue weighted by Crippen LogP contribution is 2.13. The minimum Gasteiger partial charge on any atom is -0.497 e. The summed E-state index contributed by atoms with van der Waals surface area (Å²) in [6, 6.07) is 8.80. The molecule has 1 aromatic rings. The molecule has 7 nitrogen and oxygen atoms in total. The number of hydrogen-bond acceptors (Lipinski definition) is 5. The molecule has 0 spiro atoms. The maximum absolute atomic E-state index is 5.43. The molecular formula is C23H42IN5O2. The lowest BCUT2D eigenvalue weighted by Crippen LogP contribution is -2.46. The van der Waals surface area contributed by atoms with Crippen molar-refractivity contribution in [3.05, 3.63) is 29.8 Å². The number of rotatable bonds is 12. The van der Waals surface area contributed by atoms with Crippen LogP contribution < -0.4 is 15.4 Å². The number of likely N-dealkylation sites (tertiary alicyclic amines) is 1. The molecule has 1 heterocycles. The van der Waals surface area contributed by atoms with Gasteiger partial charge in [0.15, 0.2) is 5.96 Å². The lowest BCUT2D eigenvalue weighted by molar-refractivity contribution is 0.145. The molecule has 1 aliphatic heterocycles. The Bertz CT molecular complexity index is 604. The summed E-state index contributed by atoms with van der Waals surface area (Å²) < 4.78 is 10.7. The van der Waals surface area contributed by atoms with Crippen LogP contribution in [-0.4, -0.2) is 88.9 Å². The molecule has 0 atom stereocenters. The van der Waals surface area contributed by atoms with Gasteiger partial charge in [0, 0.05) is 38.9 Å². The van der Waals surface area contributed by atoms with Crippen molar-refractivity contribution in [2.45, 2.75) is 38.8 Å². The van der Waals surface area contributed by atoms with Gasteiger partial charge in [-0.2, -0.15) is 0 Å². The highest BCUT2D eigenvalue weighted by molar-refractivity contribution is 14.0. The Morgan fingerprint density at radius 2 is 1.81 bits per heavy atom. The topological polar surface area (TPSA) is 61.4 Å². The zero-order chi connectivity index (χ0) is 21.6. The number of piperidine rings is 1. The molecule has 1 saturated heterocycles. The van der Waals surface area contributed by atoms with Crippen LogP contribution in [0, 0.1) is 0 Å². The number of benzene rings is 1. The molecule has 0 amide bonds. The molecule has 0 unspecified atom stereocenters. The Balaban J connectivity index is 0.00000480. The van der Waals surface area contributed by atoms with E-state index in [1.807, 2.05) is 19.1 Å². The minimum atomic E-state index is 0. The fraction of sp³-hybridized carbons (Fsp3) is 0.696. The van der Waals surface area contributed by atoms with Crippen LogP contribution in [0.1, 0.15) is 31.7 Å². The number of halogens is 1. The summed E-state index contributed by atoms with van der Waals surface area (Å²) in [6.07, 6.45) is 3.47. The van der Waals surface area contributed by atoms with Gasteiger partial charge in [-0.25, -0.2) is 4.99 Å². The zero-order valence-electron chi connectivity index (χ0n) is 19.7. The monoisotopic (exact) mass is 547 g/mol. The molecule has 2 N–H and O–H groups in total. The summed E-state index contributed by atoms with van der Waals surface area (Å²) in [6.45, 7) is 9.33. The van der Waals surface area contributed by atoms with Crippen LogP contribution in [0.2, 0.25) is 0 Å². The van der Waals surface area contributed by atoms with Gasteiger partial charge in [-0.05, 0) is 71.1 Å². The summed E-state index contributed by atoms with van der Waals surface area (Å²) in [7, 11) is 6.06. The molecule has 0 saturated carbocycles. The van der Waals surface area contributed by atoms with E-state index >= 15 is 0 Å². The highest BCUT2D eigenvalue weighted by atomic mass is 127. The first kappa shape index (κ1) is 27.9. The van der Waals surface area contributed by atoms with Crippen molar-refractivity contribution < 1.29 is 9.47 Å². The quantitative estimate of drug-likeness (QED) is 0.182.